The molecule has 0 bridgehead atoms. The minimum atomic E-state index is -4.99. The van der Waals surface area contributed by atoms with Crippen LogP contribution in [0.1, 0.15) is 181 Å². The van der Waals surface area contributed by atoms with Crippen LogP contribution >= 0.6 is 0 Å². The number of nitrogens with one attached hydrogen (secondary N) is 3. The lowest BCUT2D eigenvalue weighted by Gasteiger charge is -2.33. The number of hydrogen-bond acceptors (Lipinski definition) is 9. The van der Waals surface area contributed by atoms with Crippen LogP contribution in [0.3, 0.4) is 0 Å². The molecule has 7 aliphatic rings. The van der Waals surface area contributed by atoms with E-state index in [4.69, 9.17) is 0 Å². The molecule has 9 heterocycles. The maximum Gasteiger partial charge on any atom is 0.419 e. The highest BCUT2D eigenvalue weighted by atomic mass is 19.4. The van der Waals surface area contributed by atoms with Crippen molar-refractivity contribution < 1.29 is 80.2 Å². The number of carbonyl (C=O) groups is 3. The molecule has 0 unspecified atom stereocenters. The van der Waals surface area contributed by atoms with Gasteiger partial charge in [-0.05, 0) is 149 Å². The second kappa shape index (κ2) is 27.9. The summed E-state index contributed by atoms with van der Waals surface area (Å²) in [6.45, 7) is 10.2. The van der Waals surface area contributed by atoms with Crippen molar-refractivity contribution in [3.05, 3.63) is 156 Å². The first-order chi connectivity index (χ1) is 45.1. The average molecular weight is 1350 g/mol. The van der Waals surface area contributed by atoms with Crippen molar-refractivity contribution in [3.8, 4) is 0 Å². The maximum absolute atomic E-state index is 14.0. The zero-order valence-electron chi connectivity index (χ0n) is 52.1. The van der Waals surface area contributed by atoms with Gasteiger partial charge in [-0.1, -0.05) is 25.1 Å². The van der Waals surface area contributed by atoms with E-state index < -0.39 is 87.9 Å². The van der Waals surface area contributed by atoms with Crippen LogP contribution in [0.5, 0.6) is 0 Å². The molecule has 13 rings (SSSR count). The minimum Gasteiger partial charge on any atom is -0.337 e. The van der Waals surface area contributed by atoms with Crippen molar-refractivity contribution in [3.63, 3.8) is 0 Å². The summed E-state index contributed by atoms with van der Waals surface area (Å²) in [7, 11) is 1.98. The number of amides is 3. The first-order valence-corrected chi connectivity index (χ1v) is 31.9. The Morgan fingerprint density at radius 1 is 0.442 bits per heavy atom. The van der Waals surface area contributed by atoms with Crippen LogP contribution in [-0.4, -0.2) is 157 Å². The first-order valence-electron chi connectivity index (χ1n) is 31.9. The van der Waals surface area contributed by atoms with Crippen molar-refractivity contribution >= 4 is 17.7 Å². The lowest BCUT2D eigenvalue weighted by atomic mass is 9.85. The smallest absolute Gasteiger partial charge is 0.337 e. The fraction of sp³-hybridized carbons (Fsp3) is 0.538. The van der Waals surface area contributed by atoms with Gasteiger partial charge < -0.3 is 19.6 Å². The van der Waals surface area contributed by atoms with E-state index in [1.165, 1.54) is 12.8 Å². The lowest BCUT2D eigenvalue weighted by molar-refractivity contribution is -0.142. The van der Waals surface area contributed by atoms with Gasteiger partial charge in [-0.25, -0.2) is 26.3 Å². The fourth-order valence-electron chi connectivity index (χ4n) is 14.3. The van der Waals surface area contributed by atoms with Gasteiger partial charge in [0.1, 0.15) is 0 Å². The highest BCUT2D eigenvalue weighted by Gasteiger charge is 2.45. The van der Waals surface area contributed by atoms with Crippen molar-refractivity contribution in [1.82, 2.24) is 60.0 Å². The SMILES string of the molecule is CCCN1CCc2c(C(=O)N3CCC(c4ccc(F)c(F)c4C(F)(F)F)CC3)n[nH]c2C1.CN1CCc2c(C(=O)N3CCC(c4ccc(F)c(F)c4C(F)(F)F)CC3)n[nH]c2C1.O=C(c1n[nH]c2c1CCN(CC1CC1)C2)N1CCC(c2ccc(F)c(F)c2C(F)(F)F)CC1. The molecule has 15 nitrogen and oxygen atoms in total. The quantitative estimate of drug-likeness (QED) is 0.114. The zero-order chi connectivity index (χ0) is 68.0. The molecule has 3 N–H and O–H groups in total. The van der Waals surface area contributed by atoms with Gasteiger partial charge in [0.15, 0.2) is 52.0 Å². The van der Waals surface area contributed by atoms with Crippen molar-refractivity contribution in [2.24, 2.45) is 5.92 Å². The molecule has 3 aromatic carbocycles. The fourth-order valence-corrected chi connectivity index (χ4v) is 14.3. The van der Waals surface area contributed by atoms with Crippen LogP contribution in [0.25, 0.3) is 0 Å². The zero-order valence-corrected chi connectivity index (χ0v) is 52.1. The molecule has 6 aliphatic heterocycles. The van der Waals surface area contributed by atoms with Crippen LogP contribution in [0, 0.1) is 40.8 Å². The number of likely N-dealkylation sites (tertiary alicyclic amines) is 3. The second-order valence-corrected chi connectivity index (χ2v) is 25.7. The highest BCUT2D eigenvalue weighted by Crippen LogP contribution is 2.45. The van der Waals surface area contributed by atoms with E-state index in [1.54, 1.807) is 14.7 Å². The summed E-state index contributed by atoms with van der Waals surface area (Å²) >= 11 is 0. The van der Waals surface area contributed by atoms with Gasteiger partial charge in [0.25, 0.3) is 17.7 Å². The topological polar surface area (TPSA) is 157 Å². The summed E-state index contributed by atoms with van der Waals surface area (Å²) in [5, 5.41) is 21.5. The Labute approximate surface area is 536 Å². The van der Waals surface area contributed by atoms with Crippen LogP contribution < -0.4 is 0 Å². The number of alkyl halides is 9. The summed E-state index contributed by atoms with van der Waals surface area (Å²) in [6, 6.07) is 5.22. The number of rotatable bonds is 10. The van der Waals surface area contributed by atoms with Crippen LogP contribution in [0.15, 0.2) is 36.4 Å². The van der Waals surface area contributed by atoms with E-state index in [9.17, 15) is 80.2 Å². The molecule has 0 radical (unpaired) electrons. The van der Waals surface area contributed by atoms with Gasteiger partial charge in [-0.15, -0.1) is 0 Å². The van der Waals surface area contributed by atoms with Gasteiger partial charge in [0.2, 0.25) is 0 Å². The van der Waals surface area contributed by atoms with Crippen molar-refractivity contribution in [1.29, 1.82) is 0 Å². The Morgan fingerprint density at radius 2 is 0.758 bits per heavy atom. The van der Waals surface area contributed by atoms with Crippen LogP contribution in [0.2, 0.25) is 0 Å². The summed E-state index contributed by atoms with van der Waals surface area (Å²) in [5.74, 6) is -11.9. The number of piperidine rings is 3. The monoisotopic (exact) mass is 1350 g/mol. The molecule has 514 valence electrons. The molecule has 95 heavy (non-hydrogen) atoms. The third kappa shape index (κ3) is 14.9. The van der Waals surface area contributed by atoms with Crippen molar-refractivity contribution in [2.45, 2.75) is 140 Å². The molecule has 1 aliphatic carbocycles. The second-order valence-electron chi connectivity index (χ2n) is 25.7. The Morgan fingerprint density at radius 3 is 1.08 bits per heavy atom. The van der Waals surface area contributed by atoms with Gasteiger partial charge in [0.05, 0.1) is 33.8 Å². The van der Waals surface area contributed by atoms with Crippen LogP contribution in [-0.2, 0) is 57.4 Å². The Hall–Kier alpha value is -7.47. The molecule has 3 saturated heterocycles. The molecular formula is C65H71F15N12O3. The van der Waals surface area contributed by atoms with Crippen LogP contribution in [0.4, 0.5) is 65.9 Å². The van der Waals surface area contributed by atoms with Gasteiger partial charge >= 0.3 is 18.5 Å². The Bertz CT molecular complexity index is 3780. The van der Waals surface area contributed by atoms with Gasteiger partial charge in [-0.2, -0.15) is 54.8 Å². The van der Waals surface area contributed by atoms with E-state index in [0.29, 0.717) is 43.0 Å². The van der Waals surface area contributed by atoms with E-state index in [1.807, 2.05) is 7.05 Å². The average Bonchev–Trinajstić information content (AvgIpc) is 1.68. The number of halogens is 15. The molecule has 3 amide bonds. The summed E-state index contributed by atoms with van der Waals surface area (Å²) in [5.41, 5.74) is 1.25. The number of benzene rings is 3. The highest BCUT2D eigenvalue weighted by molar-refractivity contribution is 5.95. The molecule has 3 aromatic heterocycles. The van der Waals surface area contributed by atoms with Gasteiger partial charge in [-0.3, -0.25) is 39.5 Å². The predicted molar refractivity (Wildman–Crippen MR) is 314 cm³/mol. The molecule has 30 heteroatoms. The number of nitrogens with zero attached hydrogens (tertiary/aromatic N) is 9. The Balaban J connectivity index is 0.000000145. The summed E-state index contributed by atoms with van der Waals surface area (Å²) in [4.78, 5) is 50.6. The number of fused-ring (bicyclic) bond motifs is 3. The minimum absolute atomic E-state index is 0.224. The third-order valence-electron chi connectivity index (χ3n) is 19.4. The normalized spacial score (nSPS) is 19.0. The maximum atomic E-state index is 14.0. The Kier molecular flexibility index (Phi) is 20.3. The number of aromatic amines is 3. The summed E-state index contributed by atoms with van der Waals surface area (Å²) < 4.78 is 203. The van der Waals surface area contributed by atoms with Gasteiger partial charge in [0, 0.05) is 102 Å². The molecular weight excluding hydrogens is 1280 g/mol. The van der Waals surface area contributed by atoms with Crippen molar-refractivity contribution in [2.75, 3.05) is 79.0 Å². The van der Waals surface area contributed by atoms with E-state index >= 15 is 0 Å². The first kappa shape index (κ1) is 68.9. The number of aromatic nitrogens is 6. The molecule has 6 aromatic rings. The van der Waals surface area contributed by atoms with E-state index in [0.717, 1.165) is 128 Å². The largest absolute Gasteiger partial charge is 0.419 e. The number of likely N-dealkylation sites (N-methyl/N-ethyl adjacent to an activating group) is 1. The molecule has 4 fully saturated rings. The third-order valence-corrected chi connectivity index (χ3v) is 19.4. The predicted octanol–water partition coefficient (Wildman–Crippen LogP) is 12.7. The molecule has 0 atom stereocenters. The summed E-state index contributed by atoms with van der Waals surface area (Å²) in [6.07, 6.45) is -7.82. The number of hydrogen-bond donors (Lipinski definition) is 3. The van der Waals surface area contributed by atoms with E-state index in [-0.39, 0.29) is 112 Å². The number of H-pyrrole nitrogens is 3. The number of carbonyl (C=O) groups excluding carboxylic acids is 3. The standard InChI is InChI=1S/C23H25F5N4O.C22H25F5N4O.C20H21F5N4O/c24-17-4-3-15(19(20(17)25)23(26,27)28)14-5-9-32(10-6-14)22(33)21-16-7-8-31(11-13-1-2-13)12-18(16)29-30-21;1-2-8-30-9-7-15-17(12-30)28-29-20(15)21(32)31-10-5-13(6-11-31)14-3-4-16(23)19(24)18(14)22(25,26)27;1-28-7-6-13-15(10-28)26-27-18(13)19(30)29-8-4-11(5-9-29)12-2-3-14(21)17(22)16(12)20(23,24)25/h3-4,13-14H,1-2,5-12H2,(H,29,30);3-4,13H,2,5-12H2,1H3,(H,28,29);2-3,11H,4-10H2,1H3,(H,26,27). The van der Waals surface area contributed by atoms with E-state index in [2.05, 4.69) is 52.2 Å². The molecule has 0 spiro atoms. The lowest BCUT2D eigenvalue weighted by Crippen LogP contribution is -2.39. The molecule has 1 saturated carbocycles.